The Labute approximate surface area is 421 Å². The van der Waals surface area contributed by atoms with Gasteiger partial charge >= 0.3 is 0 Å². The topological polar surface area (TPSA) is 13.1 Å². The first-order valence-electron chi connectivity index (χ1n) is 24.5. The molecular weight excluding hydrogens is 891 g/mol. The molecule has 0 spiro atoms. The highest BCUT2D eigenvalue weighted by Crippen LogP contribution is 2.43. The molecule has 0 radical (unpaired) electrons. The van der Waals surface area contributed by atoms with Crippen molar-refractivity contribution in [3.63, 3.8) is 0 Å². The largest absolute Gasteiger partial charge is 0.311 e. The molecular formula is C68H45N3S. The fraction of sp³-hybridized carbons (Fsp3) is 0. The predicted octanol–water partition coefficient (Wildman–Crippen LogP) is 19.4. The molecule has 0 N–H and O–H groups in total. The molecule has 0 bridgehead atoms. The zero-order chi connectivity index (χ0) is 47.7. The van der Waals surface area contributed by atoms with E-state index in [2.05, 4.69) is 275 Å². The monoisotopic (exact) mass is 935 g/mol. The van der Waals surface area contributed by atoms with E-state index in [1.54, 1.807) is 0 Å². The Morgan fingerprint density at radius 1 is 0.333 bits per heavy atom. The van der Waals surface area contributed by atoms with Gasteiger partial charge in [0.05, 0.1) is 22.1 Å². The second kappa shape index (κ2) is 17.0. The number of hydrogen-bond acceptors (Lipinski definition) is 2. The van der Waals surface area contributed by atoms with Gasteiger partial charge < -0.3 is 14.0 Å². The number of nitrogens with zero attached hydrogens (tertiary/aromatic N) is 3. The lowest BCUT2D eigenvalue weighted by molar-refractivity contribution is 1.17. The maximum absolute atomic E-state index is 3.95. The van der Waals surface area contributed by atoms with Crippen LogP contribution >= 0.6 is 11.3 Å². The molecule has 0 aliphatic carbocycles. The lowest BCUT2D eigenvalue weighted by atomic mass is 9.98. The Morgan fingerprint density at radius 2 is 0.750 bits per heavy atom. The molecule has 14 aromatic rings. The molecule has 3 heterocycles. The maximum Gasteiger partial charge on any atom is 0.0541 e. The van der Waals surface area contributed by atoms with Crippen molar-refractivity contribution in [1.29, 1.82) is 0 Å². The van der Waals surface area contributed by atoms with E-state index in [4.69, 9.17) is 0 Å². The molecule has 0 unspecified atom stereocenters. The molecule has 0 aliphatic heterocycles. The highest BCUT2D eigenvalue weighted by Gasteiger charge is 2.18. The number of benzene rings is 11. The van der Waals surface area contributed by atoms with Crippen LogP contribution in [-0.2, 0) is 0 Å². The minimum atomic E-state index is 1.08. The lowest BCUT2D eigenvalue weighted by Gasteiger charge is -2.26. The molecule has 0 atom stereocenters. The SMILES string of the molecule is C=Cc1ccc(-n2c3ccccc3c3cc(-c4ccc(-c5ccc(N(c6ccc(-c7cccc8c7sc7ccccc78)cc6)c6ccc(-n7c8ccccc8c8ccccc87)cc6)cc5)cc4)ccc32)cc1. The fourth-order valence-corrected chi connectivity index (χ4v) is 12.2. The van der Waals surface area contributed by atoms with Crippen LogP contribution in [0.3, 0.4) is 0 Å². The third kappa shape index (κ3) is 6.87. The van der Waals surface area contributed by atoms with Crippen LogP contribution in [0.5, 0.6) is 0 Å². The third-order valence-electron chi connectivity index (χ3n) is 14.5. The number of fused-ring (bicyclic) bond motifs is 9. The van der Waals surface area contributed by atoms with Gasteiger partial charge in [0.25, 0.3) is 0 Å². The Hall–Kier alpha value is -9.22. The van der Waals surface area contributed by atoms with Crippen molar-refractivity contribution in [2.75, 3.05) is 4.90 Å². The van der Waals surface area contributed by atoms with Gasteiger partial charge in [0, 0.05) is 70.2 Å². The number of anilines is 3. The van der Waals surface area contributed by atoms with Crippen LogP contribution in [0.25, 0.3) is 115 Å². The molecule has 14 rings (SSSR count). The molecule has 0 amide bonds. The summed E-state index contributed by atoms with van der Waals surface area (Å²) in [5.41, 5.74) is 18.6. The summed E-state index contributed by atoms with van der Waals surface area (Å²) in [4.78, 5) is 2.37. The van der Waals surface area contributed by atoms with E-state index in [0.29, 0.717) is 0 Å². The summed E-state index contributed by atoms with van der Waals surface area (Å²) in [6.45, 7) is 3.95. The fourth-order valence-electron chi connectivity index (χ4n) is 11.0. The van der Waals surface area contributed by atoms with Crippen LogP contribution in [0.4, 0.5) is 17.1 Å². The molecule has 72 heavy (non-hydrogen) atoms. The molecule has 11 aromatic carbocycles. The average molecular weight is 936 g/mol. The molecule has 0 fully saturated rings. The number of hydrogen-bond donors (Lipinski definition) is 0. The van der Waals surface area contributed by atoms with Crippen molar-refractivity contribution in [1.82, 2.24) is 9.13 Å². The smallest absolute Gasteiger partial charge is 0.0541 e. The Bertz CT molecular complexity index is 4310. The van der Waals surface area contributed by atoms with Crippen molar-refractivity contribution in [3.05, 3.63) is 267 Å². The molecule has 338 valence electrons. The predicted molar refractivity (Wildman–Crippen MR) is 309 cm³/mol. The van der Waals surface area contributed by atoms with Crippen LogP contribution in [-0.4, -0.2) is 9.13 Å². The van der Waals surface area contributed by atoms with Crippen LogP contribution < -0.4 is 4.90 Å². The second-order valence-corrected chi connectivity index (χ2v) is 19.6. The van der Waals surface area contributed by atoms with E-state index < -0.39 is 0 Å². The maximum atomic E-state index is 3.95. The summed E-state index contributed by atoms with van der Waals surface area (Å²) in [5, 5.41) is 7.62. The zero-order valence-electron chi connectivity index (χ0n) is 39.3. The zero-order valence-corrected chi connectivity index (χ0v) is 40.1. The van der Waals surface area contributed by atoms with E-state index in [1.165, 1.54) is 97.2 Å². The van der Waals surface area contributed by atoms with Gasteiger partial charge in [-0.1, -0.05) is 170 Å². The lowest BCUT2D eigenvalue weighted by Crippen LogP contribution is -2.10. The van der Waals surface area contributed by atoms with Gasteiger partial charge in [0.2, 0.25) is 0 Å². The van der Waals surface area contributed by atoms with Gasteiger partial charge in [0.15, 0.2) is 0 Å². The minimum Gasteiger partial charge on any atom is -0.311 e. The van der Waals surface area contributed by atoms with Gasteiger partial charge in [-0.05, 0) is 136 Å². The number of thiophene rings is 1. The Morgan fingerprint density at radius 3 is 1.32 bits per heavy atom. The molecule has 4 heteroatoms. The van der Waals surface area contributed by atoms with Crippen molar-refractivity contribution < 1.29 is 0 Å². The Balaban J connectivity index is 0.808. The van der Waals surface area contributed by atoms with E-state index in [-0.39, 0.29) is 0 Å². The number of aromatic nitrogens is 2. The molecule has 3 aromatic heterocycles. The van der Waals surface area contributed by atoms with Gasteiger partial charge in [-0.2, -0.15) is 0 Å². The van der Waals surface area contributed by atoms with Crippen LogP contribution in [0.1, 0.15) is 5.56 Å². The van der Waals surface area contributed by atoms with Crippen molar-refractivity contribution in [2.24, 2.45) is 0 Å². The number of para-hydroxylation sites is 3. The van der Waals surface area contributed by atoms with E-state index in [9.17, 15) is 0 Å². The highest BCUT2D eigenvalue weighted by molar-refractivity contribution is 7.26. The minimum absolute atomic E-state index is 1.08. The standard InChI is InChI=1S/C68H45N3S/c1-2-45-22-33-54(34-23-45)71-65-20-9-5-14-59(65)62-44-50(32-43-66(62)71)48-26-24-46(25-27-48)47-28-35-51(36-29-47)69(52-37-30-49(31-38-52)56-16-11-17-61-60-15-6-10-21-67(60)72-68(56)61)53-39-41-55(42-40-53)70-63-18-7-3-12-57(63)58-13-4-8-19-64(58)70/h2-44H,1H2. The summed E-state index contributed by atoms with van der Waals surface area (Å²) in [5.74, 6) is 0. The summed E-state index contributed by atoms with van der Waals surface area (Å²) in [7, 11) is 0. The van der Waals surface area contributed by atoms with Gasteiger partial charge in [-0.3, -0.25) is 0 Å². The average Bonchev–Trinajstić information content (AvgIpc) is 4.12. The van der Waals surface area contributed by atoms with Gasteiger partial charge in [-0.25, -0.2) is 0 Å². The molecule has 0 saturated heterocycles. The summed E-state index contributed by atoms with van der Waals surface area (Å²) in [6.07, 6.45) is 1.89. The normalized spacial score (nSPS) is 11.7. The van der Waals surface area contributed by atoms with Crippen molar-refractivity contribution >= 4 is 98.3 Å². The van der Waals surface area contributed by atoms with Crippen LogP contribution in [0, 0.1) is 0 Å². The van der Waals surface area contributed by atoms with Crippen LogP contribution in [0.15, 0.2) is 261 Å². The van der Waals surface area contributed by atoms with E-state index in [1.807, 2.05) is 17.4 Å². The van der Waals surface area contributed by atoms with Gasteiger partial charge in [0.1, 0.15) is 0 Å². The first-order chi connectivity index (χ1) is 35.6. The molecule has 0 aliphatic rings. The Kier molecular flexibility index (Phi) is 9.87. The van der Waals surface area contributed by atoms with E-state index >= 15 is 0 Å². The molecule has 0 saturated carbocycles. The highest BCUT2D eigenvalue weighted by atomic mass is 32.1. The summed E-state index contributed by atoms with van der Waals surface area (Å²) in [6, 6.07) is 93.1. The third-order valence-corrected chi connectivity index (χ3v) is 15.7. The molecule has 3 nitrogen and oxygen atoms in total. The summed E-state index contributed by atoms with van der Waals surface area (Å²) >= 11 is 1.87. The first-order valence-corrected chi connectivity index (χ1v) is 25.3. The quantitative estimate of drug-likeness (QED) is 0.141. The first kappa shape index (κ1) is 41.7. The second-order valence-electron chi connectivity index (χ2n) is 18.6. The number of rotatable bonds is 9. The van der Waals surface area contributed by atoms with Gasteiger partial charge in [-0.15, -0.1) is 11.3 Å². The van der Waals surface area contributed by atoms with Crippen molar-refractivity contribution in [3.8, 4) is 44.8 Å². The van der Waals surface area contributed by atoms with Crippen LogP contribution in [0.2, 0.25) is 0 Å². The van der Waals surface area contributed by atoms with E-state index in [0.717, 1.165) is 34.0 Å². The summed E-state index contributed by atoms with van der Waals surface area (Å²) < 4.78 is 7.38. The van der Waals surface area contributed by atoms with Crippen molar-refractivity contribution in [2.45, 2.75) is 0 Å².